The fourth-order valence-corrected chi connectivity index (χ4v) is 2.04. The summed E-state index contributed by atoms with van der Waals surface area (Å²) in [6.07, 6.45) is 1.92. The summed E-state index contributed by atoms with van der Waals surface area (Å²) < 4.78 is 5.50. The Morgan fingerprint density at radius 2 is 1.96 bits per heavy atom. The summed E-state index contributed by atoms with van der Waals surface area (Å²) in [5.41, 5.74) is -0.453. The molecule has 0 radical (unpaired) electrons. The van der Waals surface area contributed by atoms with Crippen LogP contribution in [0.2, 0.25) is 0 Å². The van der Waals surface area contributed by atoms with Crippen LogP contribution in [-0.2, 0) is 4.74 Å². The summed E-state index contributed by atoms with van der Waals surface area (Å²) in [7, 11) is 0. The van der Waals surface area contributed by atoms with Crippen molar-refractivity contribution >= 4 is 12.1 Å². The maximum Gasteiger partial charge on any atom is 0.410 e. The van der Waals surface area contributed by atoms with Crippen LogP contribution < -0.4 is 10.6 Å². The number of hydrogen-bond acceptors (Lipinski definition) is 3. The molecule has 0 saturated heterocycles. The van der Waals surface area contributed by atoms with E-state index in [2.05, 4.69) is 29.5 Å². The molecule has 134 valence electrons. The van der Waals surface area contributed by atoms with Crippen molar-refractivity contribution in [3.05, 3.63) is 0 Å². The lowest BCUT2D eigenvalue weighted by atomic mass is 10.2. The van der Waals surface area contributed by atoms with Gasteiger partial charge in [-0.3, -0.25) is 4.99 Å². The van der Waals surface area contributed by atoms with Gasteiger partial charge in [0.25, 0.3) is 0 Å². The summed E-state index contributed by atoms with van der Waals surface area (Å²) in [6.45, 7) is 14.9. The molecule has 0 aromatic carbocycles. The van der Waals surface area contributed by atoms with Crippen LogP contribution in [0.4, 0.5) is 4.79 Å². The maximum atomic E-state index is 12.3. The largest absolute Gasteiger partial charge is 0.444 e. The first-order valence-electron chi connectivity index (χ1n) is 8.74. The molecular formula is C17H34N4O2. The first-order valence-corrected chi connectivity index (χ1v) is 8.74. The third-order valence-corrected chi connectivity index (χ3v) is 3.22. The lowest BCUT2D eigenvalue weighted by Crippen LogP contribution is -2.45. The molecule has 1 rings (SSSR count). The van der Waals surface area contributed by atoms with Gasteiger partial charge in [-0.05, 0) is 46.5 Å². The van der Waals surface area contributed by atoms with Crippen LogP contribution in [0.5, 0.6) is 0 Å². The summed E-state index contributed by atoms with van der Waals surface area (Å²) in [5, 5.41) is 6.52. The monoisotopic (exact) mass is 326 g/mol. The summed E-state index contributed by atoms with van der Waals surface area (Å²) in [5.74, 6) is 1.33. The van der Waals surface area contributed by atoms with Crippen molar-refractivity contribution in [2.45, 2.75) is 66.0 Å². The highest BCUT2D eigenvalue weighted by atomic mass is 16.6. The average molecular weight is 326 g/mol. The molecule has 0 bridgehead atoms. The Kier molecular flexibility index (Phi) is 7.65. The Hall–Kier alpha value is -1.46. The van der Waals surface area contributed by atoms with Crippen molar-refractivity contribution < 1.29 is 9.53 Å². The highest BCUT2D eigenvalue weighted by molar-refractivity contribution is 5.79. The molecule has 1 amide bonds. The minimum absolute atomic E-state index is 0.217. The Morgan fingerprint density at radius 1 is 1.30 bits per heavy atom. The van der Waals surface area contributed by atoms with E-state index >= 15 is 0 Å². The predicted molar refractivity (Wildman–Crippen MR) is 94.8 cm³/mol. The van der Waals surface area contributed by atoms with Gasteiger partial charge in [-0.15, -0.1) is 0 Å². The van der Waals surface area contributed by atoms with Crippen LogP contribution in [-0.4, -0.2) is 54.8 Å². The van der Waals surface area contributed by atoms with Gasteiger partial charge >= 0.3 is 6.09 Å². The van der Waals surface area contributed by atoms with Crippen molar-refractivity contribution in [2.24, 2.45) is 10.9 Å². The van der Waals surface area contributed by atoms with Crippen molar-refractivity contribution in [3.63, 3.8) is 0 Å². The van der Waals surface area contributed by atoms with E-state index in [1.54, 1.807) is 0 Å². The normalized spacial score (nSPS) is 15.5. The molecule has 1 aliphatic carbocycles. The molecule has 0 spiro atoms. The molecule has 1 saturated carbocycles. The lowest BCUT2D eigenvalue weighted by molar-refractivity contribution is 0.0238. The molecular weight excluding hydrogens is 292 g/mol. The van der Waals surface area contributed by atoms with E-state index in [1.807, 2.05) is 32.6 Å². The van der Waals surface area contributed by atoms with Crippen molar-refractivity contribution in [3.8, 4) is 0 Å². The molecule has 0 atom stereocenters. The highest BCUT2D eigenvalue weighted by Crippen LogP contribution is 2.27. The van der Waals surface area contributed by atoms with Gasteiger partial charge in [-0.1, -0.05) is 13.8 Å². The average Bonchev–Trinajstić information content (AvgIpc) is 3.22. The molecule has 0 aliphatic heterocycles. The highest BCUT2D eigenvalue weighted by Gasteiger charge is 2.34. The van der Waals surface area contributed by atoms with Gasteiger partial charge in [0.05, 0.1) is 0 Å². The first-order chi connectivity index (χ1) is 10.7. The molecule has 6 nitrogen and oxygen atoms in total. The summed E-state index contributed by atoms with van der Waals surface area (Å²) in [6, 6.07) is 0.335. The molecule has 0 heterocycles. The smallest absolute Gasteiger partial charge is 0.410 e. The van der Waals surface area contributed by atoms with E-state index in [-0.39, 0.29) is 6.09 Å². The SMILES string of the molecule is CCNC(=NCC(C)C)NCCN(C(=O)OC(C)(C)C)C1CC1. The predicted octanol–water partition coefficient (Wildman–Crippen LogP) is 2.60. The Morgan fingerprint density at radius 3 is 2.43 bits per heavy atom. The van der Waals surface area contributed by atoms with Crippen LogP contribution in [0.15, 0.2) is 4.99 Å². The van der Waals surface area contributed by atoms with Gasteiger partial charge in [-0.2, -0.15) is 0 Å². The minimum Gasteiger partial charge on any atom is -0.444 e. The second-order valence-electron chi connectivity index (χ2n) is 7.45. The number of ether oxygens (including phenoxy) is 1. The molecule has 1 aliphatic rings. The van der Waals surface area contributed by atoms with Crippen molar-refractivity contribution in [1.29, 1.82) is 0 Å². The van der Waals surface area contributed by atoms with Gasteiger partial charge in [0.15, 0.2) is 5.96 Å². The van der Waals surface area contributed by atoms with Gasteiger partial charge in [0.2, 0.25) is 0 Å². The molecule has 2 N–H and O–H groups in total. The number of amides is 1. The fourth-order valence-electron chi connectivity index (χ4n) is 2.04. The zero-order valence-corrected chi connectivity index (χ0v) is 15.6. The molecule has 23 heavy (non-hydrogen) atoms. The Labute approximate surface area is 141 Å². The number of aliphatic imine (C=N–C) groups is 1. The number of carbonyl (C=O) groups excluding carboxylic acids is 1. The van der Waals surface area contributed by atoms with E-state index in [1.165, 1.54) is 0 Å². The minimum atomic E-state index is -0.453. The van der Waals surface area contributed by atoms with Gasteiger partial charge in [0.1, 0.15) is 5.60 Å². The van der Waals surface area contributed by atoms with Gasteiger partial charge in [-0.25, -0.2) is 4.79 Å². The van der Waals surface area contributed by atoms with Crippen LogP contribution in [0.1, 0.15) is 54.4 Å². The van der Waals surface area contributed by atoms with E-state index < -0.39 is 5.60 Å². The number of guanidine groups is 1. The van der Waals surface area contributed by atoms with Crippen molar-refractivity contribution in [1.82, 2.24) is 15.5 Å². The van der Waals surface area contributed by atoms with Crippen molar-refractivity contribution in [2.75, 3.05) is 26.2 Å². The topological polar surface area (TPSA) is 66.0 Å². The molecule has 6 heteroatoms. The standard InChI is InChI=1S/C17H34N4O2/c1-7-18-15(20-12-13(2)3)19-10-11-21(14-8-9-14)16(22)23-17(4,5)6/h13-14H,7-12H2,1-6H3,(H2,18,19,20). The molecule has 0 aromatic rings. The molecule has 0 unspecified atom stereocenters. The fraction of sp³-hybridized carbons (Fsp3) is 0.882. The van der Waals surface area contributed by atoms with Crippen LogP contribution in [0, 0.1) is 5.92 Å². The number of rotatable bonds is 7. The number of carbonyl (C=O) groups is 1. The second-order valence-corrected chi connectivity index (χ2v) is 7.45. The summed E-state index contributed by atoms with van der Waals surface area (Å²) >= 11 is 0. The number of nitrogens with zero attached hydrogens (tertiary/aromatic N) is 2. The quantitative estimate of drug-likeness (QED) is 0.557. The van der Waals surface area contributed by atoms with Crippen LogP contribution in [0.25, 0.3) is 0 Å². The Bertz CT molecular complexity index is 398. The van der Waals surface area contributed by atoms with E-state index in [9.17, 15) is 4.79 Å². The maximum absolute atomic E-state index is 12.3. The van der Waals surface area contributed by atoms with Crippen LogP contribution >= 0.6 is 0 Å². The van der Waals surface area contributed by atoms with Gasteiger partial charge in [0, 0.05) is 32.2 Å². The second kappa shape index (κ2) is 8.99. The van der Waals surface area contributed by atoms with Crippen LogP contribution in [0.3, 0.4) is 0 Å². The molecule has 1 fully saturated rings. The van der Waals surface area contributed by atoms with E-state index in [4.69, 9.17) is 4.74 Å². The Balaban J connectivity index is 2.48. The number of nitrogens with one attached hydrogen (secondary N) is 2. The third kappa shape index (κ3) is 8.67. The van der Waals surface area contributed by atoms with E-state index in [0.717, 1.165) is 31.9 Å². The molecule has 0 aromatic heterocycles. The first kappa shape index (κ1) is 19.6. The van der Waals surface area contributed by atoms with E-state index in [0.29, 0.717) is 25.0 Å². The lowest BCUT2D eigenvalue weighted by Gasteiger charge is -2.27. The van der Waals surface area contributed by atoms with Gasteiger partial charge < -0.3 is 20.3 Å². The third-order valence-electron chi connectivity index (χ3n) is 3.22. The zero-order valence-electron chi connectivity index (χ0n) is 15.6. The summed E-state index contributed by atoms with van der Waals surface area (Å²) in [4.78, 5) is 18.7. The number of hydrogen-bond donors (Lipinski definition) is 2. The zero-order chi connectivity index (χ0) is 17.5.